The fourth-order valence-corrected chi connectivity index (χ4v) is 2.44. The Morgan fingerprint density at radius 2 is 1.77 bits per heavy atom. The van der Waals surface area contributed by atoms with E-state index in [9.17, 15) is 18.4 Å². The van der Waals surface area contributed by atoms with Crippen LogP contribution < -0.4 is 4.74 Å². The number of nitriles is 1. The lowest BCUT2D eigenvalue weighted by Gasteiger charge is -2.11. The molecule has 0 N–H and O–H groups in total. The third-order valence-electron chi connectivity index (χ3n) is 3.48. The lowest BCUT2D eigenvalue weighted by molar-refractivity contribution is -0.137. The SMILES string of the molecule is N#Cc1ccc(-c2cccc(C(F)(F)F)c2)nc1Oc1cccc(Cl)c1. The molecule has 0 saturated heterocycles. The van der Waals surface area contributed by atoms with Gasteiger partial charge in [-0.2, -0.15) is 18.4 Å². The molecule has 0 amide bonds. The van der Waals surface area contributed by atoms with Crippen molar-refractivity contribution in [1.29, 1.82) is 5.26 Å². The largest absolute Gasteiger partial charge is 0.438 e. The minimum absolute atomic E-state index is 0.00956. The molecule has 3 nitrogen and oxygen atoms in total. The van der Waals surface area contributed by atoms with E-state index in [1.807, 2.05) is 6.07 Å². The zero-order valence-corrected chi connectivity index (χ0v) is 13.8. The topological polar surface area (TPSA) is 45.9 Å². The van der Waals surface area contributed by atoms with Crippen LogP contribution in [0.5, 0.6) is 11.6 Å². The third-order valence-corrected chi connectivity index (χ3v) is 3.71. The maximum Gasteiger partial charge on any atom is 0.416 e. The first-order valence-electron chi connectivity index (χ1n) is 7.39. The standard InChI is InChI=1S/C19H10ClF3N2O/c20-15-5-2-6-16(10-15)26-18-13(11-24)7-8-17(25-18)12-3-1-4-14(9-12)19(21,22)23/h1-10H. The van der Waals surface area contributed by atoms with Crippen molar-refractivity contribution in [3.8, 4) is 29.0 Å². The van der Waals surface area contributed by atoms with Gasteiger partial charge in [0, 0.05) is 10.6 Å². The van der Waals surface area contributed by atoms with Crippen LogP contribution in [-0.4, -0.2) is 4.98 Å². The van der Waals surface area contributed by atoms with Crippen molar-refractivity contribution in [1.82, 2.24) is 4.98 Å². The van der Waals surface area contributed by atoms with Gasteiger partial charge in [0.05, 0.1) is 11.3 Å². The summed E-state index contributed by atoms with van der Waals surface area (Å²) in [6, 6.07) is 16.1. The minimum Gasteiger partial charge on any atom is -0.438 e. The van der Waals surface area contributed by atoms with Gasteiger partial charge in [-0.1, -0.05) is 29.8 Å². The molecule has 7 heteroatoms. The van der Waals surface area contributed by atoms with Crippen LogP contribution in [0.25, 0.3) is 11.3 Å². The van der Waals surface area contributed by atoms with Crippen LogP contribution >= 0.6 is 11.6 Å². The molecule has 0 atom stereocenters. The van der Waals surface area contributed by atoms with Crippen molar-refractivity contribution in [3.05, 3.63) is 76.8 Å². The van der Waals surface area contributed by atoms with E-state index >= 15 is 0 Å². The van der Waals surface area contributed by atoms with Crippen molar-refractivity contribution in [2.24, 2.45) is 0 Å². The Labute approximate surface area is 152 Å². The van der Waals surface area contributed by atoms with Crippen LogP contribution in [0.2, 0.25) is 5.02 Å². The normalized spacial score (nSPS) is 11.0. The number of nitrogens with zero attached hydrogens (tertiary/aromatic N) is 2. The van der Waals surface area contributed by atoms with Gasteiger partial charge >= 0.3 is 6.18 Å². The molecule has 3 rings (SSSR count). The average Bonchev–Trinajstić information content (AvgIpc) is 2.61. The Hall–Kier alpha value is -3.04. The van der Waals surface area contributed by atoms with Crippen LogP contribution in [0.1, 0.15) is 11.1 Å². The number of pyridine rings is 1. The highest BCUT2D eigenvalue weighted by atomic mass is 35.5. The molecule has 1 heterocycles. The van der Waals surface area contributed by atoms with E-state index in [1.54, 1.807) is 24.3 Å². The van der Waals surface area contributed by atoms with E-state index in [1.165, 1.54) is 24.3 Å². The van der Waals surface area contributed by atoms with Crippen LogP contribution in [0, 0.1) is 11.3 Å². The van der Waals surface area contributed by atoms with Crippen LogP contribution in [0.4, 0.5) is 13.2 Å². The summed E-state index contributed by atoms with van der Waals surface area (Å²) in [5.41, 5.74) is -0.105. The van der Waals surface area contributed by atoms with E-state index in [0.717, 1.165) is 12.1 Å². The number of rotatable bonds is 3. The van der Waals surface area contributed by atoms with Gasteiger partial charge in [-0.15, -0.1) is 0 Å². The first-order valence-corrected chi connectivity index (χ1v) is 7.77. The summed E-state index contributed by atoms with van der Waals surface area (Å²) in [6.45, 7) is 0. The summed E-state index contributed by atoms with van der Waals surface area (Å²) < 4.78 is 44.3. The molecule has 0 spiro atoms. The van der Waals surface area contributed by atoms with Gasteiger partial charge in [0.15, 0.2) is 0 Å². The lowest BCUT2D eigenvalue weighted by Crippen LogP contribution is -2.04. The summed E-state index contributed by atoms with van der Waals surface area (Å²) in [6.07, 6.45) is -4.46. The Balaban J connectivity index is 2.02. The fourth-order valence-electron chi connectivity index (χ4n) is 2.26. The highest BCUT2D eigenvalue weighted by Crippen LogP contribution is 2.33. The van der Waals surface area contributed by atoms with Gasteiger partial charge in [0.25, 0.3) is 0 Å². The van der Waals surface area contributed by atoms with Gasteiger partial charge < -0.3 is 4.74 Å². The number of halogens is 4. The van der Waals surface area contributed by atoms with E-state index in [4.69, 9.17) is 16.3 Å². The number of ether oxygens (including phenoxy) is 1. The molecule has 0 aliphatic carbocycles. The molecular weight excluding hydrogens is 365 g/mol. The van der Waals surface area contributed by atoms with E-state index in [2.05, 4.69) is 4.98 Å². The zero-order valence-electron chi connectivity index (χ0n) is 13.1. The van der Waals surface area contributed by atoms with E-state index in [0.29, 0.717) is 10.8 Å². The summed E-state index contributed by atoms with van der Waals surface area (Å²) in [5, 5.41) is 9.66. The molecular formula is C19H10ClF3N2O. The predicted molar refractivity (Wildman–Crippen MR) is 90.9 cm³/mol. The van der Waals surface area contributed by atoms with Gasteiger partial charge in [0.1, 0.15) is 17.4 Å². The molecule has 0 aliphatic rings. The van der Waals surface area contributed by atoms with Crippen molar-refractivity contribution in [2.45, 2.75) is 6.18 Å². The molecule has 0 radical (unpaired) electrons. The smallest absolute Gasteiger partial charge is 0.416 e. The highest BCUT2D eigenvalue weighted by molar-refractivity contribution is 6.30. The first-order chi connectivity index (χ1) is 12.4. The Morgan fingerprint density at radius 1 is 1.00 bits per heavy atom. The molecule has 0 saturated carbocycles. The Morgan fingerprint density at radius 3 is 2.46 bits per heavy atom. The summed E-state index contributed by atoms with van der Waals surface area (Å²) in [4.78, 5) is 4.21. The van der Waals surface area contributed by atoms with Gasteiger partial charge in [-0.3, -0.25) is 0 Å². The second kappa shape index (κ2) is 7.06. The molecule has 0 bridgehead atoms. The second-order valence-electron chi connectivity index (χ2n) is 5.30. The first kappa shape index (κ1) is 17.8. The van der Waals surface area contributed by atoms with Crippen molar-refractivity contribution >= 4 is 11.6 Å². The van der Waals surface area contributed by atoms with Crippen molar-refractivity contribution in [3.63, 3.8) is 0 Å². The van der Waals surface area contributed by atoms with Crippen LogP contribution in [0.3, 0.4) is 0 Å². The Bertz CT molecular complexity index is 997. The maximum atomic E-state index is 12.9. The van der Waals surface area contributed by atoms with Crippen molar-refractivity contribution in [2.75, 3.05) is 0 Å². The molecule has 26 heavy (non-hydrogen) atoms. The minimum atomic E-state index is -4.46. The fraction of sp³-hybridized carbons (Fsp3) is 0.0526. The molecule has 1 aromatic heterocycles. The van der Waals surface area contributed by atoms with Crippen LogP contribution in [-0.2, 0) is 6.18 Å². The van der Waals surface area contributed by atoms with E-state index in [-0.39, 0.29) is 22.7 Å². The summed E-state index contributed by atoms with van der Waals surface area (Å²) in [7, 11) is 0. The number of hydrogen-bond acceptors (Lipinski definition) is 3. The molecule has 0 unspecified atom stereocenters. The maximum absolute atomic E-state index is 12.9. The number of alkyl halides is 3. The Kier molecular flexibility index (Phi) is 4.83. The van der Waals surface area contributed by atoms with Gasteiger partial charge in [-0.05, 0) is 42.5 Å². The van der Waals surface area contributed by atoms with Crippen molar-refractivity contribution < 1.29 is 17.9 Å². The quantitative estimate of drug-likeness (QED) is 0.557. The predicted octanol–water partition coefficient (Wildman–Crippen LogP) is 6.08. The van der Waals surface area contributed by atoms with E-state index < -0.39 is 11.7 Å². The molecule has 2 aromatic carbocycles. The molecule has 0 fully saturated rings. The molecule has 130 valence electrons. The number of aromatic nitrogens is 1. The van der Waals surface area contributed by atoms with Gasteiger partial charge in [0.2, 0.25) is 5.88 Å². The molecule has 0 aliphatic heterocycles. The zero-order chi connectivity index (χ0) is 18.7. The second-order valence-corrected chi connectivity index (χ2v) is 5.74. The van der Waals surface area contributed by atoms with Crippen LogP contribution in [0.15, 0.2) is 60.7 Å². The third kappa shape index (κ3) is 3.95. The van der Waals surface area contributed by atoms with Gasteiger partial charge in [-0.25, -0.2) is 4.98 Å². The monoisotopic (exact) mass is 374 g/mol. The average molecular weight is 375 g/mol. The number of hydrogen-bond donors (Lipinski definition) is 0. The highest BCUT2D eigenvalue weighted by Gasteiger charge is 2.30. The number of benzene rings is 2. The summed E-state index contributed by atoms with van der Waals surface area (Å²) in [5.74, 6) is 0.354. The summed E-state index contributed by atoms with van der Waals surface area (Å²) >= 11 is 5.90. The lowest BCUT2D eigenvalue weighted by atomic mass is 10.1. The molecule has 3 aromatic rings.